The highest BCUT2D eigenvalue weighted by Gasteiger charge is 2.22. The van der Waals surface area contributed by atoms with Gasteiger partial charge in [0.25, 0.3) is 0 Å². The third kappa shape index (κ3) is 6.43. The second-order valence-electron chi connectivity index (χ2n) is 3.42. The van der Waals surface area contributed by atoms with Crippen molar-refractivity contribution in [3.63, 3.8) is 0 Å². The summed E-state index contributed by atoms with van der Waals surface area (Å²) in [5.41, 5.74) is 0. The second-order valence-corrected chi connectivity index (χ2v) is 5.68. The Morgan fingerprint density at radius 1 is 1.53 bits per heavy atom. The molecular weight excluding hydrogens is 222 g/mol. The molecule has 0 fully saturated rings. The van der Waals surface area contributed by atoms with E-state index in [4.69, 9.17) is 9.84 Å². The standard InChI is InChI=1S/C8H17NO5S/c1-9(4-5-15(3,12)13)7(6-14-2)8(10)11/h7H,4-6H2,1-3H3,(H,10,11). The number of carbonyl (C=O) groups is 1. The summed E-state index contributed by atoms with van der Waals surface area (Å²) >= 11 is 0. The van der Waals surface area contributed by atoms with Crippen molar-refractivity contribution >= 4 is 15.8 Å². The number of sulfone groups is 1. The van der Waals surface area contributed by atoms with Crippen LogP contribution < -0.4 is 0 Å². The van der Waals surface area contributed by atoms with Crippen LogP contribution in [0.4, 0.5) is 0 Å². The number of likely N-dealkylation sites (N-methyl/N-ethyl adjacent to an activating group) is 1. The zero-order valence-corrected chi connectivity index (χ0v) is 9.95. The van der Waals surface area contributed by atoms with Gasteiger partial charge in [0.15, 0.2) is 0 Å². The maximum Gasteiger partial charge on any atom is 0.323 e. The summed E-state index contributed by atoms with van der Waals surface area (Å²) in [5.74, 6) is -1.08. The van der Waals surface area contributed by atoms with Crippen LogP contribution in [0.25, 0.3) is 0 Å². The molecule has 0 amide bonds. The van der Waals surface area contributed by atoms with Crippen molar-refractivity contribution in [3.05, 3.63) is 0 Å². The van der Waals surface area contributed by atoms with Gasteiger partial charge in [-0.3, -0.25) is 9.69 Å². The topological polar surface area (TPSA) is 83.9 Å². The summed E-state index contributed by atoms with van der Waals surface area (Å²) in [6.07, 6.45) is 1.12. The van der Waals surface area contributed by atoms with Gasteiger partial charge in [-0.15, -0.1) is 0 Å². The highest BCUT2D eigenvalue weighted by Crippen LogP contribution is 1.98. The number of methoxy groups -OCH3 is 1. The normalized spacial score (nSPS) is 14.1. The van der Waals surface area contributed by atoms with Crippen molar-refractivity contribution in [2.45, 2.75) is 6.04 Å². The maximum atomic E-state index is 10.9. The molecule has 0 saturated carbocycles. The van der Waals surface area contributed by atoms with Gasteiger partial charge in [0.1, 0.15) is 15.9 Å². The minimum Gasteiger partial charge on any atom is -0.480 e. The lowest BCUT2D eigenvalue weighted by atomic mass is 10.3. The fourth-order valence-electron chi connectivity index (χ4n) is 1.01. The molecule has 6 nitrogen and oxygen atoms in total. The summed E-state index contributed by atoms with van der Waals surface area (Å²) in [7, 11) is -0.107. The second kappa shape index (κ2) is 6.04. The molecule has 0 saturated heterocycles. The molecule has 0 aliphatic rings. The average molecular weight is 239 g/mol. The van der Waals surface area contributed by atoms with Crippen LogP contribution in [0.15, 0.2) is 0 Å². The molecule has 1 N–H and O–H groups in total. The zero-order valence-electron chi connectivity index (χ0n) is 9.13. The van der Waals surface area contributed by atoms with Crippen molar-refractivity contribution in [1.29, 1.82) is 0 Å². The quantitative estimate of drug-likeness (QED) is 0.617. The molecule has 15 heavy (non-hydrogen) atoms. The average Bonchev–Trinajstić information content (AvgIpc) is 2.08. The summed E-state index contributed by atoms with van der Waals surface area (Å²) in [5, 5.41) is 8.83. The van der Waals surface area contributed by atoms with Crippen LogP contribution >= 0.6 is 0 Å². The smallest absolute Gasteiger partial charge is 0.323 e. The third-order valence-corrected chi connectivity index (χ3v) is 2.88. The number of carboxylic acid groups (broad SMARTS) is 1. The Balaban J connectivity index is 4.26. The zero-order chi connectivity index (χ0) is 12.1. The number of ether oxygens (including phenoxy) is 1. The van der Waals surface area contributed by atoms with E-state index in [9.17, 15) is 13.2 Å². The fourth-order valence-corrected chi connectivity index (χ4v) is 1.63. The Labute approximate surface area is 89.7 Å². The Morgan fingerprint density at radius 2 is 2.07 bits per heavy atom. The molecule has 7 heteroatoms. The maximum absolute atomic E-state index is 10.9. The van der Waals surface area contributed by atoms with Gasteiger partial charge >= 0.3 is 5.97 Å². The van der Waals surface area contributed by atoms with Gasteiger partial charge < -0.3 is 9.84 Å². The molecule has 0 aliphatic heterocycles. The predicted octanol–water partition coefficient (Wildman–Crippen LogP) is -0.938. The molecular formula is C8H17NO5S. The first-order valence-electron chi connectivity index (χ1n) is 4.37. The number of hydrogen-bond donors (Lipinski definition) is 1. The van der Waals surface area contributed by atoms with E-state index in [-0.39, 0.29) is 18.9 Å². The van der Waals surface area contributed by atoms with E-state index in [0.29, 0.717) is 0 Å². The minimum atomic E-state index is -3.07. The van der Waals surface area contributed by atoms with Crippen molar-refractivity contribution in [3.8, 4) is 0 Å². The summed E-state index contributed by atoms with van der Waals surface area (Å²) in [6.45, 7) is 0.217. The van der Waals surface area contributed by atoms with Crippen LogP contribution in [0.3, 0.4) is 0 Å². The molecule has 0 spiro atoms. The van der Waals surface area contributed by atoms with Gasteiger partial charge in [0.05, 0.1) is 12.4 Å². The van der Waals surface area contributed by atoms with E-state index >= 15 is 0 Å². The minimum absolute atomic E-state index is 0.0373. The highest BCUT2D eigenvalue weighted by molar-refractivity contribution is 7.90. The predicted molar refractivity (Wildman–Crippen MR) is 55.6 cm³/mol. The van der Waals surface area contributed by atoms with Crippen LogP contribution in [0.2, 0.25) is 0 Å². The van der Waals surface area contributed by atoms with Crippen LogP contribution in [-0.2, 0) is 19.4 Å². The molecule has 0 rings (SSSR count). The lowest BCUT2D eigenvalue weighted by Gasteiger charge is -2.23. The third-order valence-electron chi connectivity index (χ3n) is 1.96. The van der Waals surface area contributed by atoms with Gasteiger partial charge in [-0.05, 0) is 7.05 Å². The van der Waals surface area contributed by atoms with Crippen LogP contribution in [0.5, 0.6) is 0 Å². The molecule has 0 heterocycles. The first-order chi connectivity index (χ1) is 6.78. The van der Waals surface area contributed by atoms with E-state index in [1.807, 2.05) is 0 Å². The molecule has 0 aromatic heterocycles. The molecule has 0 radical (unpaired) electrons. The van der Waals surface area contributed by atoms with E-state index in [2.05, 4.69) is 0 Å². The summed E-state index contributed by atoms with van der Waals surface area (Å²) in [4.78, 5) is 12.2. The van der Waals surface area contributed by atoms with Crippen LogP contribution in [-0.4, -0.2) is 69.8 Å². The number of carboxylic acids is 1. The van der Waals surface area contributed by atoms with Crippen molar-refractivity contribution in [1.82, 2.24) is 4.90 Å². The molecule has 1 atom stereocenters. The SMILES string of the molecule is COCC(C(=O)O)N(C)CCS(C)(=O)=O. The summed E-state index contributed by atoms with van der Waals surface area (Å²) in [6, 6.07) is -0.809. The number of rotatable bonds is 7. The molecule has 0 aromatic rings. The van der Waals surface area contributed by atoms with Crippen LogP contribution in [0, 0.1) is 0 Å². The first kappa shape index (κ1) is 14.3. The number of nitrogens with zero attached hydrogens (tertiary/aromatic N) is 1. The lowest BCUT2D eigenvalue weighted by molar-refractivity contribution is -0.144. The van der Waals surface area contributed by atoms with Crippen LogP contribution in [0.1, 0.15) is 0 Å². The van der Waals surface area contributed by atoms with Crippen molar-refractivity contribution in [2.75, 3.05) is 39.3 Å². The molecule has 0 aromatic carbocycles. The van der Waals surface area contributed by atoms with E-state index in [1.165, 1.54) is 12.0 Å². The Bertz CT molecular complexity index is 300. The highest BCUT2D eigenvalue weighted by atomic mass is 32.2. The Hall–Kier alpha value is -0.660. The first-order valence-corrected chi connectivity index (χ1v) is 6.43. The lowest BCUT2D eigenvalue weighted by Crippen LogP contribution is -2.43. The Morgan fingerprint density at radius 3 is 2.40 bits per heavy atom. The van der Waals surface area contributed by atoms with Crippen molar-refractivity contribution in [2.24, 2.45) is 0 Å². The van der Waals surface area contributed by atoms with Gasteiger partial charge in [-0.1, -0.05) is 0 Å². The van der Waals surface area contributed by atoms with Gasteiger partial charge in [0.2, 0.25) is 0 Å². The fraction of sp³-hybridized carbons (Fsp3) is 0.875. The van der Waals surface area contributed by atoms with Crippen molar-refractivity contribution < 1.29 is 23.1 Å². The van der Waals surface area contributed by atoms with Gasteiger partial charge in [0, 0.05) is 19.9 Å². The van der Waals surface area contributed by atoms with E-state index in [0.717, 1.165) is 6.26 Å². The van der Waals surface area contributed by atoms with Gasteiger partial charge in [-0.2, -0.15) is 0 Å². The number of aliphatic carboxylic acids is 1. The molecule has 0 aliphatic carbocycles. The molecule has 90 valence electrons. The van der Waals surface area contributed by atoms with Gasteiger partial charge in [-0.25, -0.2) is 8.42 Å². The van der Waals surface area contributed by atoms with E-state index in [1.54, 1.807) is 7.05 Å². The number of hydrogen-bond acceptors (Lipinski definition) is 5. The monoisotopic (exact) mass is 239 g/mol. The molecule has 1 unspecified atom stereocenters. The van der Waals surface area contributed by atoms with E-state index < -0.39 is 21.8 Å². The summed E-state index contributed by atoms with van der Waals surface area (Å²) < 4.78 is 26.5. The molecule has 0 bridgehead atoms. The largest absolute Gasteiger partial charge is 0.480 e. The Kier molecular flexibility index (Phi) is 5.77.